The average Bonchev–Trinajstić information content (AvgIpc) is 3.07. The number of nitrogens with zero attached hydrogens (tertiary/aromatic N) is 2. The van der Waals surface area contributed by atoms with Crippen molar-refractivity contribution in [2.45, 2.75) is 26.8 Å². The van der Waals surface area contributed by atoms with E-state index >= 15 is 0 Å². The molecular weight excluding hydrogens is 381 g/mol. The van der Waals surface area contributed by atoms with Gasteiger partial charge in [0, 0.05) is 16.6 Å². The second kappa shape index (κ2) is 8.15. The number of carbonyl (C=O) groups is 1. The summed E-state index contributed by atoms with van der Waals surface area (Å²) in [6, 6.07) is 16.4. The summed E-state index contributed by atoms with van der Waals surface area (Å²) in [7, 11) is 0. The molecule has 27 heavy (non-hydrogen) atoms. The van der Waals surface area contributed by atoms with Gasteiger partial charge in [-0.05, 0) is 49.2 Å². The van der Waals surface area contributed by atoms with Crippen molar-refractivity contribution in [3.63, 3.8) is 0 Å². The first-order valence-electron chi connectivity index (χ1n) is 8.78. The lowest BCUT2D eigenvalue weighted by Crippen LogP contribution is -2.37. The molecule has 0 aliphatic carbocycles. The number of nitrogens with one attached hydrogen (secondary N) is 1. The van der Waals surface area contributed by atoms with E-state index in [2.05, 4.69) is 24.3 Å². The zero-order valence-electron chi connectivity index (χ0n) is 15.4. The van der Waals surface area contributed by atoms with E-state index in [0.717, 1.165) is 11.3 Å². The normalized spacial score (nSPS) is 12.2. The lowest BCUT2D eigenvalue weighted by Gasteiger charge is -2.17. The van der Waals surface area contributed by atoms with Crippen LogP contribution in [0.25, 0.3) is 16.9 Å². The van der Waals surface area contributed by atoms with E-state index < -0.39 is 0 Å². The summed E-state index contributed by atoms with van der Waals surface area (Å²) in [4.78, 5) is 12.9. The second-order valence-corrected chi connectivity index (χ2v) is 7.63. The molecule has 140 valence electrons. The van der Waals surface area contributed by atoms with E-state index in [1.807, 2.05) is 37.3 Å². The molecule has 4 nitrogen and oxygen atoms in total. The fourth-order valence-electron chi connectivity index (χ4n) is 2.57. The van der Waals surface area contributed by atoms with E-state index in [1.54, 1.807) is 28.9 Å². The fraction of sp³-hybridized carbons (Fsp3) is 0.238. The van der Waals surface area contributed by atoms with Crippen molar-refractivity contribution in [2.24, 2.45) is 5.92 Å². The van der Waals surface area contributed by atoms with Crippen LogP contribution >= 0.6 is 23.2 Å². The SMILES string of the molecule is CC(C)C(C)NC(=O)c1cc(-c2ccccc2Cl)nn1-c1ccc(Cl)cc1. The topological polar surface area (TPSA) is 46.9 Å². The highest BCUT2D eigenvalue weighted by Crippen LogP contribution is 2.28. The zero-order chi connectivity index (χ0) is 19.6. The smallest absolute Gasteiger partial charge is 0.270 e. The maximum Gasteiger partial charge on any atom is 0.270 e. The minimum Gasteiger partial charge on any atom is -0.348 e. The molecule has 1 amide bonds. The summed E-state index contributed by atoms with van der Waals surface area (Å²) in [5.41, 5.74) is 2.61. The number of aromatic nitrogens is 2. The van der Waals surface area contributed by atoms with Crippen LogP contribution in [0.2, 0.25) is 10.0 Å². The number of hydrogen-bond donors (Lipinski definition) is 1. The van der Waals surface area contributed by atoms with Gasteiger partial charge in [0.25, 0.3) is 5.91 Å². The van der Waals surface area contributed by atoms with Gasteiger partial charge in [0.15, 0.2) is 0 Å². The summed E-state index contributed by atoms with van der Waals surface area (Å²) in [6.45, 7) is 6.12. The standard InChI is InChI=1S/C21H21Cl2N3O/c1-13(2)14(3)24-21(27)20-12-19(17-6-4-5-7-18(17)23)25-26(20)16-10-8-15(22)9-11-16/h4-14H,1-3H3,(H,24,27). The van der Waals surface area contributed by atoms with E-state index in [4.69, 9.17) is 23.2 Å². The monoisotopic (exact) mass is 401 g/mol. The minimum atomic E-state index is -0.183. The fourth-order valence-corrected chi connectivity index (χ4v) is 2.93. The number of benzene rings is 2. The molecule has 0 aliphatic heterocycles. The van der Waals surface area contributed by atoms with Gasteiger partial charge in [0.05, 0.1) is 16.4 Å². The molecule has 1 unspecified atom stereocenters. The van der Waals surface area contributed by atoms with Gasteiger partial charge in [0.1, 0.15) is 5.69 Å². The first-order chi connectivity index (χ1) is 12.9. The van der Waals surface area contributed by atoms with Crippen LogP contribution in [0.4, 0.5) is 0 Å². The Labute approximate surface area is 169 Å². The van der Waals surface area contributed by atoms with Crippen molar-refractivity contribution in [2.75, 3.05) is 0 Å². The highest BCUT2D eigenvalue weighted by Gasteiger charge is 2.20. The van der Waals surface area contributed by atoms with Crippen LogP contribution in [0, 0.1) is 5.92 Å². The van der Waals surface area contributed by atoms with E-state index in [-0.39, 0.29) is 11.9 Å². The molecule has 2 aromatic carbocycles. The molecule has 3 rings (SSSR count). The molecule has 0 bridgehead atoms. The third kappa shape index (κ3) is 4.34. The number of amides is 1. The lowest BCUT2D eigenvalue weighted by molar-refractivity contribution is 0.0922. The molecule has 0 radical (unpaired) electrons. The summed E-state index contributed by atoms with van der Waals surface area (Å²) in [6.07, 6.45) is 0. The Balaban J connectivity index is 2.08. The lowest BCUT2D eigenvalue weighted by atomic mass is 10.1. The van der Waals surface area contributed by atoms with Gasteiger partial charge in [-0.2, -0.15) is 5.10 Å². The van der Waals surface area contributed by atoms with Crippen LogP contribution in [-0.2, 0) is 0 Å². The molecule has 3 aromatic rings. The Kier molecular flexibility index (Phi) is 5.88. The number of carbonyl (C=O) groups excluding carboxylic acids is 1. The van der Waals surface area contributed by atoms with E-state index in [0.29, 0.717) is 27.4 Å². The molecule has 1 atom stereocenters. The molecule has 0 fully saturated rings. The Hall–Kier alpha value is -2.30. The summed E-state index contributed by atoms with van der Waals surface area (Å²) in [5.74, 6) is 0.140. The van der Waals surface area contributed by atoms with Crippen molar-refractivity contribution < 1.29 is 4.79 Å². The van der Waals surface area contributed by atoms with Gasteiger partial charge in [-0.3, -0.25) is 4.79 Å². The zero-order valence-corrected chi connectivity index (χ0v) is 16.9. The van der Waals surface area contributed by atoms with Crippen molar-refractivity contribution >= 4 is 29.1 Å². The summed E-state index contributed by atoms with van der Waals surface area (Å²) < 4.78 is 1.62. The Bertz CT molecular complexity index is 948. The first kappa shape index (κ1) is 19.5. The molecule has 6 heteroatoms. The summed E-state index contributed by atoms with van der Waals surface area (Å²) in [5, 5.41) is 8.89. The van der Waals surface area contributed by atoms with E-state index in [1.165, 1.54) is 0 Å². The quantitative estimate of drug-likeness (QED) is 0.602. The van der Waals surface area contributed by atoms with Gasteiger partial charge >= 0.3 is 0 Å². The van der Waals surface area contributed by atoms with Crippen molar-refractivity contribution in [3.05, 3.63) is 70.3 Å². The molecule has 0 saturated heterocycles. The van der Waals surface area contributed by atoms with Crippen molar-refractivity contribution in [1.29, 1.82) is 0 Å². The van der Waals surface area contributed by atoms with Crippen LogP contribution in [-0.4, -0.2) is 21.7 Å². The van der Waals surface area contributed by atoms with Gasteiger partial charge in [-0.1, -0.05) is 55.2 Å². The maximum atomic E-state index is 12.9. The Morgan fingerprint density at radius 2 is 1.70 bits per heavy atom. The molecular formula is C21H21Cl2N3O. The van der Waals surface area contributed by atoms with Gasteiger partial charge < -0.3 is 5.32 Å². The molecule has 0 saturated carbocycles. The van der Waals surface area contributed by atoms with Crippen molar-refractivity contribution in [3.8, 4) is 16.9 Å². The molecule has 0 aliphatic rings. The van der Waals surface area contributed by atoms with E-state index in [9.17, 15) is 4.79 Å². The van der Waals surface area contributed by atoms with Crippen LogP contribution in [0.1, 0.15) is 31.3 Å². The Morgan fingerprint density at radius 1 is 1.04 bits per heavy atom. The summed E-state index contributed by atoms with van der Waals surface area (Å²) >= 11 is 12.3. The molecule has 0 spiro atoms. The third-order valence-electron chi connectivity index (χ3n) is 4.52. The highest BCUT2D eigenvalue weighted by molar-refractivity contribution is 6.33. The largest absolute Gasteiger partial charge is 0.348 e. The molecule has 1 aromatic heterocycles. The van der Waals surface area contributed by atoms with Crippen molar-refractivity contribution in [1.82, 2.24) is 15.1 Å². The number of halogens is 2. The minimum absolute atomic E-state index is 0.0369. The van der Waals surface area contributed by atoms with Crippen LogP contribution in [0.5, 0.6) is 0 Å². The van der Waals surface area contributed by atoms with Gasteiger partial charge in [-0.25, -0.2) is 4.68 Å². The predicted octanol–water partition coefficient (Wildman–Crippen LogP) is 5.62. The number of rotatable bonds is 5. The van der Waals surface area contributed by atoms with Gasteiger partial charge in [-0.15, -0.1) is 0 Å². The molecule has 1 heterocycles. The second-order valence-electron chi connectivity index (χ2n) is 6.79. The third-order valence-corrected chi connectivity index (χ3v) is 5.10. The van der Waals surface area contributed by atoms with Crippen LogP contribution < -0.4 is 5.32 Å². The highest BCUT2D eigenvalue weighted by atomic mass is 35.5. The first-order valence-corrected chi connectivity index (χ1v) is 9.54. The Morgan fingerprint density at radius 3 is 2.33 bits per heavy atom. The predicted molar refractivity (Wildman–Crippen MR) is 111 cm³/mol. The van der Waals surface area contributed by atoms with Gasteiger partial charge in [0.2, 0.25) is 0 Å². The van der Waals surface area contributed by atoms with Crippen LogP contribution in [0.3, 0.4) is 0 Å². The number of hydrogen-bond acceptors (Lipinski definition) is 2. The molecule has 1 N–H and O–H groups in total. The maximum absolute atomic E-state index is 12.9. The van der Waals surface area contributed by atoms with Crippen LogP contribution in [0.15, 0.2) is 54.6 Å². The average molecular weight is 402 g/mol.